The maximum Gasteiger partial charge on any atom is 0.263 e. The van der Waals surface area contributed by atoms with E-state index in [1.807, 2.05) is 18.2 Å². The Morgan fingerprint density at radius 1 is 1.33 bits per heavy atom. The standard InChI is InChI=1S/C22H29N3O2/c1-6-10-24-19(26)16-8-7-9-17(27-5)18(16)23-20(24)25-14-22(4)12-15(25)11-21(2,3)13-22/h6-9,15H,1,10-14H2,2-5H3. The molecule has 2 fully saturated rings. The fourth-order valence-corrected chi connectivity index (χ4v) is 5.58. The van der Waals surface area contributed by atoms with Crippen LogP contribution in [0.5, 0.6) is 5.75 Å². The van der Waals surface area contributed by atoms with Crippen LogP contribution in [0, 0.1) is 10.8 Å². The summed E-state index contributed by atoms with van der Waals surface area (Å²) in [5, 5.41) is 0.591. The molecule has 144 valence electrons. The zero-order valence-corrected chi connectivity index (χ0v) is 16.8. The Bertz CT molecular complexity index is 962. The van der Waals surface area contributed by atoms with Crippen molar-refractivity contribution in [1.29, 1.82) is 0 Å². The van der Waals surface area contributed by atoms with Gasteiger partial charge in [0.05, 0.1) is 12.5 Å². The molecule has 1 aliphatic carbocycles. The fourth-order valence-electron chi connectivity index (χ4n) is 5.58. The molecule has 2 bridgehead atoms. The Hall–Kier alpha value is -2.30. The van der Waals surface area contributed by atoms with Crippen molar-refractivity contribution in [1.82, 2.24) is 9.55 Å². The van der Waals surface area contributed by atoms with Gasteiger partial charge in [0.25, 0.3) is 5.56 Å². The summed E-state index contributed by atoms with van der Waals surface area (Å²) in [5.41, 5.74) is 1.19. The number of methoxy groups -OCH3 is 1. The molecule has 2 atom stereocenters. The summed E-state index contributed by atoms with van der Waals surface area (Å²) < 4.78 is 7.26. The quantitative estimate of drug-likeness (QED) is 0.767. The lowest BCUT2D eigenvalue weighted by molar-refractivity contribution is 0.136. The zero-order chi connectivity index (χ0) is 19.4. The highest BCUT2D eigenvalue weighted by molar-refractivity contribution is 5.84. The number of hydrogen-bond acceptors (Lipinski definition) is 4. The molecule has 27 heavy (non-hydrogen) atoms. The Balaban J connectivity index is 1.92. The number of nitrogens with zero attached hydrogens (tertiary/aromatic N) is 3. The molecule has 2 aromatic rings. The van der Waals surface area contributed by atoms with E-state index in [-0.39, 0.29) is 11.0 Å². The van der Waals surface area contributed by atoms with Crippen LogP contribution in [0.1, 0.15) is 40.0 Å². The molecule has 1 saturated carbocycles. The molecule has 1 aromatic carbocycles. The van der Waals surface area contributed by atoms with Gasteiger partial charge >= 0.3 is 0 Å². The second-order valence-corrected chi connectivity index (χ2v) is 9.31. The SMILES string of the molecule is C=CCn1c(N2CC3(C)CC2CC(C)(C)C3)nc2c(OC)cccc2c1=O. The van der Waals surface area contributed by atoms with E-state index in [0.717, 1.165) is 25.3 Å². The average Bonchev–Trinajstić information content (AvgIpc) is 2.85. The fraction of sp³-hybridized carbons (Fsp3) is 0.545. The molecule has 1 aromatic heterocycles. The highest BCUT2D eigenvalue weighted by Gasteiger charge is 2.50. The maximum atomic E-state index is 13.3. The number of fused-ring (bicyclic) bond motifs is 3. The first-order chi connectivity index (χ1) is 12.8. The van der Waals surface area contributed by atoms with Crippen molar-refractivity contribution >= 4 is 16.9 Å². The number of anilines is 1. The van der Waals surface area contributed by atoms with Gasteiger partial charge in [-0.1, -0.05) is 32.9 Å². The van der Waals surface area contributed by atoms with Gasteiger partial charge in [-0.15, -0.1) is 6.58 Å². The van der Waals surface area contributed by atoms with E-state index in [4.69, 9.17) is 9.72 Å². The minimum atomic E-state index is -0.0281. The van der Waals surface area contributed by atoms with Crippen molar-refractivity contribution < 1.29 is 4.74 Å². The minimum Gasteiger partial charge on any atom is -0.494 e. The molecule has 2 unspecified atom stereocenters. The second-order valence-electron chi connectivity index (χ2n) is 9.31. The van der Waals surface area contributed by atoms with Gasteiger partial charge in [0.15, 0.2) is 0 Å². The molecule has 2 heterocycles. The summed E-state index contributed by atoms with van der Waals surface area (Å²) in [5.74, 6) is 1.40. The van der Waals surface area contributed by atoms with E-state index in [1.54, 1.807) is 17.8 Å². The largest absolute Gasteiger partial charge is 0.494 e. The zero-order valence-electron chi connectivity index (χ0n) is 16.8. The summed E-state index contributed by atoms with van der Waals surface area (Å²) in [4.78, 5) is 20.6. The van der Waals surface area contributed by atoms with Gasteiger partial charge in [0.2, 0.25) is 5.95 Å². The first-order valence-corrected chi connectivity index (χ1v) is 9.72. The number of hydrogen-bond donors (Lipinski definition) is 0. The van der Waals surface area contributed by atoms with Crippen LogP contribution in [-0.4, -0.2) is 29.2 Å². The molecule has 2 aliphatic rings. The second kappa shape index (κ2) is 6.11. The van der Waals surface area contributed by atoms with E-state index in [1.165, 1.54) is 6.42 Å². The number of rotatable bonds is 4. The minimum absolute atomic E-state index is 0.0281. The molecule has 4 rings (SSSR count). The van der Waals surface area contributed by atoms with Crippen LogP contribution in [0.3, 0.4) is 0 Å². The summed E-state index contributed by atoms with van der Waals surface area (Å²) in [6.07, 6.45) is 5.25. The molecular weight excluding hydrogens is 338 g/mol. The first-order valence-electron chi connectivity index (χ1n) is 9.72. The lowest BCUT2D eigenvalue weighted by atomic mass is 9.65. The molecule has 5 nitrogen and oxygen atoms in total. The van der Waals surface area contributed by atoms with Crippen molar-refractivity contribution in [3.05, 3.63) is 41.2 Å². The van der Waals surface area contributed by atoms with Crippen LogP contribution in [0.15, 0.2) is 35.6 Å². The predicted molar refractivity (Wildman–Crippen MR) is 110 cm³/mol. The maximum absolute atomic E-state index is 13.3. The molecule has 1 saturated heterocycles. The average molecular weight is 367 g/mol. The number of allylic oxidation sites excluding steroid dienone is 1. The van der Waals surface area contributed by atoms with Gasteiger partial charge in [0, 0.05) is 19.1 Å². The highest BCUT2D eigenvalue weighted by Crippen LogP contribution is 2.53. The lowest BCUT2D eigenvalue weighted by Gasteiger charge is -2.39. The smallest absolute Gasteiger partial charge is 0.263 e. The van der Waals surface area contributed by atoms with E-state index in [2.05, 4.69) is 32.3 Å². The van der Waals surface area contributed by atoms with Crippen LogP contribution in [0.4, 0.5) is 5.95 Å². The number of aromatic nitrogens is 2. The third-order valence-corrected chi connectivity index (χ3v) is 6.13. The number of benzene rings is 1. The van der Waals surface area contributed by atoms with E-state index < -0.39 is 0 Å². The Labute approximate surface area is 160 Å². The van der Waals surface area contributed by atoms with Gasteiger partial charge in [-0.05, 0) is 42.2 Å². The van der Waals surface area contributed by atoms with Gasteiger partial charge < -0.3 is 9.64 Å². The molecule has 0 N–H and O–H groups in total. The van der Waals surface area contributed by atoms with E-state index >= 15 is 0 Å². The van der Waals surface area contributed by atoms with Crippen LogP contribution in [0.25, 0.3) is 10.9 Å². The van der Waals surface area contributed by atoms with Crippen molar-refractivity contribution in [2.75, 3.05) is 18.6 Å². The Morgan fingerprint density at radius 2 is 2.11 bits per heavy atom. The van der Waals surface area contributed by atoms with Gasteiger partial charge in [-0.2, -0.15) is 0 Å². The normalized spacial score (nSPS) is 26.4. The van der Waals surface area contributed by atoms with Crippen molar-refractivity contribution in [2.24, 2.45) is 10.8 Å². The van der Waals surface area contributed by atoms with Crippen molar-refractivity contribution in [3.63, 3.8) is 0 Å². The summed E-state index contributed by atoms with van der Waals surface area (Å²) >= 11 is 0. The summed E-state index contributed by atoms with van der Waals surface area (Å²) in [6.45, 7) is 12.3. The van der Waals surface area contributed by atoms with Crippen molar-refractivity contribution in [3.8, 4) is 5.75 Å². The highest BCUT2D eigenvalue weighted by atomic mass is 16.5. The first kappa shape index (κ1) is 18.1. The van der Waals surface area contributed by atoms with E-state index in [9.17, 15) is 4.79 Å². The predicted octanol–water partition coefficient (Wildman–Crippen LogP) is 4.00. The van der Waals surface area contributed by atoms with Crippen LogP contribution in [0.2, 0.25) is 0 Å². The van der Waals surface area contributed by atoms with Crippen LogP contribution in [-0.2, 0) is 6.54 Å². The van der Waals surface area contributed by atoms with Crippen LogP contribution < -0.4 is 15.2 Å². The lowest BCUT2D eigenvalue weighted by Crippen LogP contribution is -2.38. The monoisotopic (exact) mass is 367 g/mol. The topological polar surface area (TPSA) is 47.4 Å². The van der Waals surface area contributed by atoms with Crippen LogP contribution >= 0.6 is 0 Å². The molecule has 0 spiro atoms. The molecule has 1 aliphatic heterocycles. The molecular formula is C22H29N3O2. The third kappa shape index (κ3) is 2.93. The Morgan fingerprint density at radius 3 is 2.81 bits per heavy atom. The van der Waals surface area contributed by atoms with Crippen molar-refractivity contribution in [2.45, 2.75) is 52.6 Å². The van der Waals surface area contributed by atoms with Gasteiger partial charge in [0.1, 0.15) is 11.3 Å². The number of para-hydroxylation sites is 1. The van der Waals surface area contributed by atoms with Gasteiger partial charge in [-0.25, -0.2) is 4.98 Å². The number of ether oxygens (including phenoxy) is 1. The summed E-state index contributed by atoms with van der Waals surface area (Å²) in [7, 11) is 1.62. The van der Waals surface area contributed by atoms with Gasteiger partial charge in [-0.3, -0.25) is 9.36 Å². The Kier molecular flexibility index (Phi) is 4.09. The van der Waals surface area contributed by atoms with E-state index in [0.29, 0.717) is 34.7 Å². The molecule has 5 heteroatoms. The third-order valence-electron chi connectivity index (χ3n) is 6.13. The molecule has 0 amide bonds. The molecule has 0 radical (unpaired) electrons. The summed E-state index contributed by atoms with van der Waals surface area (Å²) in [6, 6.07) is 5.94.